The van der Waals surface area contributed by atoms with Crippen molar-refractivity contribution in [2.45, 2.75) is 13.8 Å². The molecule has 7 heteroatoms. The van der Waals surface area contributed by atoms with E-state index in [1.807, 2.05) is 30.3 Å². The van der Waals surface area contributed by atoms with Crippen molar-refractivity contribution in [1.82, 2.24) is 25.1 Å². The number of amides is 1. The highest BCUT2D eigenvalue weighted by Gasteiger charge is 2.15. The molecule has 1 amide bonds. The maximum atomic E-state index is 12.5. The van der Waals surface area contributed by atoms with Crippen molar-refractivity contribution in [2.24, 2.45) is 0 Å². The zero-order valence-corrected chi connectivity index (χ0v) is 19.4. The van der Waals surface area contributed by atoms with Crippen molar-refractivity contribution in [3.05, 3.63) is 72.1 Å². The molecule has 0 unspecified atom stereocenters. The summed E-state index contributed by atoms with van der Waals surface area (Å²) >= 11 is 0. The summed E-state index contributed by atoms with van der Waals surface area (Å²) in [6.45, 7) is 11.3. The van der Waals surface area contributed by atoms with E-state index in [-0.39, 0.29) is 5.91 Å². The molecule has 0 atom stereocenters. The van der Waals surface area contributed by atoms with E-state index in [2.05, 4.69) is 68.5 Å². The lowest BCUT2D eigenvalue weighted by molar-refractivity contribution is 0.0938. The summed E-state index contributed by atoms with van der Waals surface area (Å²) in [5.74, 6) is 0.665. The fourth-order valence-electron chi connectivity index (χ4n) is 3.92. The third-order valence-corrected chi connectivity index (χ3v) is 6.06. The number of hydrogen-bond acceptors (Lipinski definition) is 6. The van der Waals surface area contributed by atoms with Crippen molar-refractivity contribution in [3.8, 4) is 11.3 Å². The topological polar surface area (TPSA) is 73.4 Å². The quantitative estimate of drug-likeness (QED) is 0.554. The number of aryl methyl sites for hydroxylation is 1. The molecule has 2 heterocycles. The number of benzene rings is 2. The third-order valence-electron chi connectivity index (χ3n) is 6.06. The molecule has 2 N–H and O–H groups in total. The Kier molecular flexibility index (Phi) is 7.65. The Bertz CT molecular complexity index is 1040. The molecule has 1 aliphatic rings. The number of likely N-dealkylation sites (N-methyl/N-ethyl adjacent to an activating group) is 1. The van der Waals surface area contributed by atoms with Crippen molar-refractivity contribution >= 4 is 17.4 Å². The molecule has 0 radical (unpaired) electrons. The van der Waals surface area contributed by atoms with E-state index >= 15 is 0 Å². The van der Waals surface area contributed by atoms with Crippen LogP contribution in [-0.4, -0.2) is 71.5 Å². The van der Waals surface area contributed by atoms with Gasteiger partial charge in [-0.25, -0.2) is 9.97 Å². The molecule has 0 bridgehead atoms. The fourth-order valence-corrected chi connectivity index (χ4v) is 3.92. The first-order valence-corrected chi connectivity index (χ1v) is 11.6. The van der Waals surface area contributed by atoms with Gasteiger partial charge in [-0.15, -0.1) is 0 Å². The lowest BCUT2D eigenvalue weighted by Crippen LogP contribution is -2.48. The number of anilines is 2. The van der Waals surface area contributed by atoms with Crippen LogP contribution in [0.15, 0.2) is 60.9 Å². The van der Waals surface area contributed by atoms with Gasteiger partial charge in [0.25, 0.3) is 5.91 Å². The summed E-state index contributed by atoms with van der Waals surface area (Å²) in [4.78, 5) is 26.1. The minimum atomic E-state index is -0.0440. The summed E-state index contributed by atoms with van der Waals surface area (Å²) in [6, 6.07) is 17.6. The Hall–Kier alpha value is -3.29. The first-order valence-electron chi connectivity index (χ1n) is 11.6. The van der Waals surface area contributed by atoms with Gasteiger partial charge in [0.15, 0.2) is 0 Å². The largest absolute Gasteiger partial charge is 0.351 e. The van der Waals surface area contributed by atoms with E-state index in [4.69, 9.17) is 0 Å². The second-order valence-corrected chi connectivity index (χ2v) is 8.39. The van der Waals surface area contributed by atoms with Crippen LogP contribution in [0.1, 0.15) is 22.8 Å². The molecule has 1 aromatic heterocycles. The van der Waals surface area contributed by atoms with Gasteiger partial charge >= 0.3 is 0 Å². The van der Waals surface area contributed by atoms with E-state index in [0.29, 0.717) is 17.9 Å². The second kappa shape index (κ2) is 11.0. The van der Waals surface area contributed by atoms with Crippen LogP contribution in [0.5, 0.6) is 0 Å². The number of nitrogens with zero attached hydrogens (tertiary/aromatic N) is 4. The van der Waals surface area contributed by atoms with Crippen molar-refractivity contribution in [2.75, 3.05) is 51.1 Å². The molecule has 172 valence electrons. The van der Waals surface area contributed by atoms with E-state index in [1.165, 1.54) is 5.56 Å². The molecule has 3 aromatic rings. The Balaban J connectivity index is 1.28. The van der Waals surface area contributed by atoms with Gasteiger partial charge in [-0.1, -0.05) is 36.8 Å². The SMILES string of the molecule is CCN1CCN(CCNC(=O)c2ccc(Nc3cc(-c4ccc(C)cc4)ncn3)cc2)CC1. The number of carbonyl (C=O) groups excluding carboxylic acids is 1. The first-order chi connectivity index (χ1) is 16.1. The van der Waals surface area contributed by atoms with Crippen LogP contribution < -0.4 is 10.6 Å². The minimum Gasteiger partial charge on any atom is -0.351 e. The van der Waals surface area contributed by atoms with Crippen LogP contribution in [0, 0.1) is 6.92 Å². The Morgan fingerprint density at radius 3 is 2.33 bits per heavy atom. The van der Waals surface area contributed by atoms with Crippen LogP contribution in [0.3, 0.4) is 0 Å². The summed E-state index contributed by atoms with van der Waals surface area (Å²) < 4.78 is 0. The second-order valence-electron chi connectivity index (χ2n) is 8.39. The maximum absolute atomic E-state index is 12.5. The van der Waals surface area contributed by atoms with E-state index in [0.717, 1.165) is 56.2 Å². The Morgan fingerprint density at radius 1 is 0.939 bits per heavy atom. The minimum absolute atomic E-state index is 0.0440. The first kappa shape index (κ1) is 22.9. The molecule has 7 nitrogen and oxygen atoms in total. The highest BCUT2D eigenvalue weighted by Crippen LogP contribution is 2.21. The number of carbonyl (C=O) groups is 1. The van der Waals surface area contributed by atoms with Crippen molar-refractivity contribution in [1.29, 1.82) is 0 Å². The zero-order chi connectivity index (χ0) is 23.0. The fraction of sp³-hybridized carbons (Fsp3) is 0.346. The molecule has 0 saturated carbocycles. The number of nitrogens with one attached hydrogen (secondary N) is 2. The molecule has 1 aliphatic heterocycles. The number of rotatable bonds is 8. The lowest BCUT2D eigenvalue weighted by atomic mass is 10.1. The van der Waals surface area contributed by atoms with Crippen LogP contribution in [0.25, 0.3) is 11.3 Å². The Labute approximate surface area is 195 Å². The molecule has 1 fully saturated rings. The predicted octanol–water partition coefficient (Wildman–Crippen LogP) is 3.56. The highest BCUT2D eigenvalue weighted by atomic mass is 16.1. The van der Waals surface area contributed by atoms with Gasteiger partial charge < -0.3 is 15.5 Å². The summed E-state index contributed by atoms with van der Waals surface area (Å²) in [5, 5.41) is 6.33. The normalized spacial score (nSPS) is 14.7. The van der Waals surface area contributed by atoms with Crippen LogP contribution in [0.4, 0.5) is 11.5 Å². The van der Waals surface area contributed by atoms with Crippen molar-refractivity contribution in [3.63, 3.8) is 0 Å². The van der Waals surface area contributed by atoms with Gasteiger partial charge in [-0.2, -0.15) is 0 Å². The standard InChI is InChI=1S/C26H32N6O/c1-3-31-14-16-32(17-15-31)13-12-27-26(33)22-8-10-23(11-9-22)30-25-18-24(28-19-29-25)21-6-4-20(2)5-7-21/h4-11,18-19H,3,12-17H2,1-2H3,(H,27,33)(H,28,29,30). The molecule has 33 heavy (non-hydrogen) atoms. The average molecular weight is 445 g/mol. The number of aromatic nitrogens is 2. The van der Waals surface area contributed by atoms with Crippen LogP contribution >= 0.6 is 0 Å². The van der Waals surface area contributed by atoms with Gasteiger partial charge in [-0.05, 0) is 37.7 Å². The smallest absolute Gasteiger partial charge is 0.251 e. The molecule has 0 spiro atoms. The number of piperazine rings is 1. The molecule has 2 aromatic carbocycles. The van der Waals surface area contributed by atoms with Crippen LogP contribution in [0.2, 0.25) is 0 Å². The maximum Gasteiger partial charge on any atom is 0.251 e. The molecular weight excluding hydrogens is 412 g/mol. The zero-order valence-electron chi connectivity index (χ0n) is 19.4. The molecule has 4 rings (SSSR count). The summed E-state index contributed by atoms with van der Waals surface area (Å²) in [6.07, 6.45) is 1.56. The summed E-state index contributed by atoms with van der Waals surface area (Å²) in [5.41, 5.74) is 4.64. The average Bonchev–Trinajstić information content (AvgIpc) is 2.85. The van der Waals surface area contributed by atoms with Gasteiger partial charge in [-0.3, -0.25) is 9.69 Å². The van der Waals surface area contributed by atoms with Crippen molar-refractivity contribution < 1.29 is 4.79 Å². The molecule has 0 aliphatic carbocycles. The predicted molar refractivity (Wildman–Crippen MR) is 133 cm³/mol. The summed E-state index contributed by atoms with van der Waals surface area (Å²) in [7, 11) is 0. The van der Waals surface area contributed by atoms with Gasteiger partial charge in [0.1, 0.15) is 12.1 Å². The molecular formula is C26H32N6O. The molecule has 1 saturated heterocycles. The number of hydrogen-bond donors (Lipinski definition) is 2. The van der Waals surface area contributed by atoms with E-state index in [1.54, 1.807) is 6.33 Å². The van der Waals surface area contributed by atoms with Gasteiger partial charge in [0.05, 0.1) is 5.69 Å². The van der Waals surface area contributed by atoms with E-state index in [9.17, 15) is 4.79 Å². The third kappa shape index (κ3) is 6.37. The highest BCUT2D eigenvalue weighted by molar-refractivity contribution is 5.94. The van der Waals surface area contributed by atoms with Gasteiger partial charge in [0, 0.05) is 62.1 Å². The van der Waals surface area contributed by atoms with E-state index < -0.39 is 0 Å². The monoisotopic (exact) mass is 444 g/mol. The van der Waals surface area contributed by atoms with Gasteiger partial charge in [0.2, 0.25) is 0 Å². The lowest BCUT2D eigenvalue weighted by Gasteiger charge is -2.33. The van der Waals surface area contributed by atoms with Crippen LogP contribution in [-0.2, 0) is 0 Å². The Morgan fingerprint density at radius 2 is 1.64 bits per heavy atom.